The molecule has 0 aromatic carbocycles. The fourth-order valence-corrected chi connectivity index (χ4v) is 10.2. The van der Waals surface area contributed by atoms with Gasteiger partial charge in [0.15, 0.2) is 0 Å². The third-order valence-electron chi connectivity index (χ3n) is 11.3. The van der Waals surface area contributed by atoms with Gasteiger partial charge < -0.3 is 4.81 Å². The summed E-state index contributed by atoms with van der Waals surface area (Å²) in [6, 6.07) is 0. The maximum absolute atomic E-state index is 14.4. The van der Waals surface area contributed by atoms with E-state index >= 15 is 0 Å². The van der Waals surface area contributed by atoms with Gasteiger partial charge in [0, 0.05) is 25.6 Å². The topological polar surface area (TPSA) is 91.8 Å². The summed E-state index contributed by atoms with van der Waals surface area (Å²) >= 11 is 0. The number of hydrogen-bond donors (Lipinski definition) is 0. The van der Waals surface area contributed by atoms with E-state index in [1.165, 1.54) is 16.8 Å². The van der Waals surface area contributed by atoms with Gasteiger partial charge in [-0.25, -0.2) is 0 Å². The van der Waals surface area contributed by atoms with Gasteiger partial charge in [0.05, 0.1) is 30.7 Å². The fourth-order valence-electron chi connectivity index (χ4n) is 10.2. The number of fused-ring (bicyclic) bond motifs is 12. The van der Waals surface area contributed by atoms with Crippen molar-refractivity contribution in [3.63, 3.8) is 0 Å². The van der Waals surface area contributed by atoms with E-state index in [1.54, 1.807) is 13.9 Å². The Hall–Kier alpha value is -1.86. The number of Topliss-reactive ketones (excluding diaryl/α,β-unsaturated/α-hetero) is 1. The lowest BCUT2D eigenvalue weighted by Crippen LogP contribution is -2.49. The molecule has 7 rings (SSSR count). The molecule has 7 fully saturated rings. The van der Waals surface area contributed by atoms with Crippen LogP contribution in [0.15, 0.2) is 0 Å². The molecule has 6 unspecified atom stereocenters. The lowest BCUT2D eigenvalue weighted by molar-refractivity contribution is -0.145. The number of imide groups is 2. The van der Waals surface area contributed by atoms with Crippen LogP contribution in [0.1, 0.15) is 38.5 Å². The molecule has 4 bridgehead atoms. The molecule has 3 radical (unpaired) electrons. The quantitative estimate of drug-likeness (QED) is 0.448. The molecule has 33 heavy (non-hydrogen) atoms. The summed E-state index contributed by atoms with van der Waals surface area (Å²) in [5.74, 6) is -1.51. The average Bonchev–Trinajstić information content (AvgIpc) is 3.63. The minimum absolute atomic E-state index is 0.0556. The van der Waals surface area contributed by atoms with E-state index in [1.807, 2.05) is 0 Å². The summed E-state index contributed by atoms with van der Waals surface area (Å²) in [4.78, 5) is 69.1. The van der Waals surface area contributed by atoms with Crippen molar-refractivity contribution < 1.29 is 24.0 Å². The molecule has 5 saturated carbocycles. The van der Waals surface area contributed by atoms with Crippen molar-refractivity contribution in [1.82, 2.24) is 9.71 Å². The second-order valence-corrected chi connectivity index (χ2v) is 12.1. The van der Waals surface area contributed by atoms with Crippen LogP contribution in [0.2, 0.25) is 6.82 Å². The van der Waals surface area contributed by atoms with Gasteiger partial charge in [-0.15, -0.1) is 0 Å². The lowest BCUT2D eigenvalue weighted by Gasteiger charge is -2.42. The first-order valence-corrected chi connectivity index (χ1v) is 12.5. The third-order valence-corrected chi connectivity index (χ3v) is 11.3. The minimum atomic E-state index is -0.551. The van der Waals surface area contributed by atoms with E-state index in [0.29, 0.717) is 12.8 Å². The summed E-state index contributed by atoms with van der Waals surface area (Å²) < 4.78 is 0. The SMILES string of the molecule is [B][B]B(C)N1C(=O)C2C3C[C@H](C2C1=O)[C@@]1(CC[C@]2(CC4C[C@@H]2C2C(=O)N(C)C(=O)C42)C1=O)C3. The predicted molar refractivity (Wildman–Crippen MR) is 118 cm³/mol. The largest absolute Gasteiger partial charge is 0.338 e. The van der Waals surface area contributed by atoms with Gasteiger partial charge >= 0.3 is 0 Å². The van der Waals surface area contributed by atoms with Gasteiger partial charge in [-0.3, -0.25) is 28.9 Å². The average molecular weight is 443 g/mol. The highest BCUT2D eigenvalue weighted by molar-refractivity contribution is 7.30. The zero-order valence-electron chi connectivity index (χ0n) is 19.0. The summed E-state index contributed by atoms with van der Waals surface area (Å²) in [5.41, 5.74) is -1.08. The molecule has 4 amide bonds. The Kier molecular flexibility index (Phi) is 3.75. The molecule has 5 aliphatic carbocycles. The first kappa shape index (κ1) is 20.5. The van der Waals surface area contributed by atoms with Crippen LogP contribution in [-0.4, -0.2) is 67.7 Å². The molecule has 10 atom stereocenters. The summed E-state index contributed by atoms with van der Waals surface area (Å²) in [5, 5.41) is 0. The van der Waals surface area contributed by atoms with E-state index in [4.69, 9.17) is 7.74 Å². The van der Waals surface area contributed by atoms with Crippen LogP contribution in [0.25, 0.3) is 0 Å². The Balaban J connectivity index is 1.22. The van der Waals surface area contributed by atoms with Crippen molar-refractivity contribution >= 4 is 50.9 Å². The van der Waals surface area contributed by atoms with Crippen LogP contribution < -0.4 is 0 Å². The molecule has 0 N–H and O–H groups in total. The molecule has 167 valence electrons. The number of likely N-dealkylation sites (tertiary alicyclic amines) is 1. The molecule has 10 heteroatoms. The highest BCUT2D eigenvalue weighted by Gasteiger charge is 2.78. The fraction of sp³-hybridized carbons (Fsp3) is 0.783. The second kappa shape index (κ2) is 6.03. The van der Waals surface area contributed by atoms with Crippen molar-refractivity contribution in [1.29, 1.82) is 0 Å². The van der Waals surface area contributed by atoms with Gasteiger partial charge in [0.1, 0.15) is 5.78 Å². The maximum atomic E-state index is 14.4. The zero-order chi connectivity index (χ0) is 23.2. The number of hydrogen-bond acceptors (Lipinski definition) is 5. The van der Waals surface area contributed by atoms with Crippen LogP contribution >= 0.6 is 0 Å². The van der Waals surface area contributed by atoms with Crippen molar-refractivity contribution in [2.24, 2.45) is 58.2 Å². The van der Waals surface area contributed by atoms with Gasteiger partial charge in [-0.2, -0.15) is 0 Å². The Morgan fingerprint density at radius 3 is 1.82 bits per heavy atom. The Bertz CT molecular complexity index is 1070. The maximum Gasteiger partial charge on any atom is 0.233 e. The number of rotatable bonds is 2. The molecule has 2 aliphatic heterocycles. The van der Waals surface area contributed by atoms with E-state index < -0.39 is 23.5 Å². The predicted octanol–water partition coefficient (Wildman–Crippen LogP) is 0.140. The number of carbonyl (C=O) groups excluding carboxylic acids is 5. The summed E-state index contributed by atoms with van der Waals surface area (Å²) in [6.07, 6.45) is 4.44. The zero-order valence-corrected chi connectivity index (χ0v) is 19.0. The van der Waals surface area contributed by atoms with Crippen molar-refractivity contribution in [3.05, 3.63) is 0 Å². The van der Waals surface area contributed by atoms with Crippen LogP contribution in [0, 0.1) is 58.2 Å². The highest BCUT2D eigenvalue weighted by atomic mass is 16.2. The molecule has 7 aliphatic rings. The number of nitrogens with zero attached hydrogens (tertiary/aromatic N) is 2. The van der Waals surface area contributed by atoms with E-state index in [-0.39, 0.29) is 70.8 Å². The number of carbonyl (C=O) groups is 5. The monoisotopic (exact) mass is 443 g/mol. The van der Waals surface area contributed by atoms with Crippen LogP contribution in [0.4, 0.5) is 0 Å². The Labute approximate surface area is 195 Å². The molecular weight excluding hydrogens is 417 g/mol. The lowest BCUT2D eigenvalue weighted by atomic mass is 9.20. The van der Waals surface area contributed by atoms with Crippen molar-refractivity contribution in [2.45, 2.75) is 45.3 Å². The number of ketones is 1. The molecule has 0 aromatic rings. The van der Waals surface area contributed by atoms with E-state index in [2.05, 4.69) is 0 Å². The van der Waals surface area contributed by atoms with Gasteiger partial charge in [-0.05, 0) is 62.2 Å². The Morgan fingerprint density at radius 2 is 1.27 bits per heavy atom. The molecule has 2 saturated heterocycles. The first-order chi connectivity index (χ1) is 15.7. The summed E-state index contributed by atoms with van der Waals surface area (Å²) in [6.45, 7) is 1.31. The van der Waals surface area contributed by atoms with Crippen LogP contribution in [0.5, 0.6) is 0 Å². The van der Waals surface area contributed by atoms with E-state index in [9.17, 15) is 24.0 Å². The number of amides is 4. The van der Waals surface area contributed by atoms with Crippen molar-refractivity contribution in [2.75, 3.05) is 7.05 Å². The first-order valence-electron chi connectivity index (χ1n) is 12.5. The molecular formula is C23H26B3N2O5. The van der Waals surface area contributed by atoms with Gasteiger partial charge in [0.25, 0.3) is 0 Å². The second-order valence-electron chi connectivity index (χ2n) is 12.1. The minimum Gasteiger partial charge on any atom is -0.338 e. The summed E-state index contributed by atoms with van der Waals surface area (Å²) in [7, 11) is 8.60. The highest BCUT2D eigenvalue weighted by Crippen LogP contribution is 2.75. The normalized spacial score (nSPS) is 51.2. The molecule has 0 aromatic heterocycles. The molecule has 2 spiro atoms. The van der Waals surface area contributed by atoms with Gasteiger partial charge in [-0.1, -0.05) is 6.82 Å². The van der Waals surface area contributed by atoms with Crippen LogP contribution in [0.3, 0.4) is 0 Å². The molecule has 7 nitrogen and oxygen atoms in total. The standard InChI is InChI=1S/C23H26B3N2O5/c1-26(25-24)28-19(31)14-10-6-12(16(14)20(28)32)23(8-10)4-3-22(21(23)33)7-9-5-11(22)15-13(9)17(29)27(2)18(15)30/h9-16H,3-8H2,1-2H3/t9?,10?,11-,12-,13?,14?,15?,16?,22-,23-/m1/s1. The Morgan fingerprint density at radius 1 is 0.818 bits per heavy atom. The third kappa shape index (κ3) is 2.00. The van der Waals surface area contributed by atoms with Crippen molar-refractivity contribution in [3.8, 4) is 0 Å². The smallest absolute Gasteiger partial charge is 0.233 e. The van der Waals surface area contributed by atoms with Gasteiger partial charge in [0.2, 0.25) is 30.4 Å². The molecule has 2 heterocycles. The van der Waals surface area contributed by atoms with Crippen LogP contribution in [-0.2, 0) is 24.0 Å². The van der Waals surface area contributed by atoms with E-state index in [0.717, 1.165) is 25.7 Å².